The van der Waals surface area contributed by atoms with Crippen LogP contribution in [0.25, 0.3) is 11.2 Å². The molecule has 2 fully saturated rings. The molecule has 0 bridgehead atoms. The summed E-state index contributed by atoms with van der Waals surface area (Å²) in [6.07, 6.45) is 5.23. The molecule has 30 heavy (non-hydrogen) atoms. The number of halogens is 1. The van der Waals surface area contributed by atoms with Gasteiger partial charge in [0, 0.05) is 50.1 Å². The molecule has 1 N–H and O–H groups in total. The smallest absolute Gasteiger partial charge is 0.228 e. The van der Waals surface area contributed by atoms with Crippen LogP contribution in [-0.2, 0) is 9.59 Å². The lowest BCUT2D eigenvalue weighted by Crippen LogP contribution is -2.43. The summed E-state index contributed by atoms with van der Waals surface area (Å²) >= 11 is 0. The first kappa shape index (κ1) is 18.7. The molecule has 0 aliphatic carbocycles. The number of hydrogen-bond acceptors (Lipinski definition) is 5. The van der Waals surface area contributed by atoms with E-state index in [0.29, 0.717) is 31.0 Å². The van der Waals surface area contributed by atoms with Crippen molar-refractivity contribution in [2.45, 2.75) is 25.2 Å². The lowest BCUT2D eigenvalue weighted by atomic mass is 9.93. The van der Waals surface area contributed by atoms with Gasteiger partial charge in [-0.3, -0.25) is 14.7 Å². The molecule has 2 aromatic heterocycles. The molecule has 2 saturated heterocycles. The molecule has 2 aliphatic rings. The van der Waals surface area contributed by atoms with Gasteiger partial charge in [-0.1, -0.05) is 0 Å². The minimum absolute atomic E-state index is 0.00688. The van der Waals surface area contributed by atoms with Crippen LogP contribution in [0.3, 0.4) is 0 Å². The van der Waals surface area contributed by atoms with Gasteiger partial charge < -0.3 is 9.80 Å². The van der Waals surface area contributed by atoms with E-state index in [4.69, 9.17) is 0 Å². The van der Waals surface area contributed by atoms with Crippen LogP contribution in [-0.4, -0.2) is 56.5 Å². The highest BCUT2D eigenvalue weighted by Crippen LogP contribution is 2.32. The second kappa shape index (κ2) is 7.47. The topological polar surface area (TPSA) is 95.1 Å². The molecule has 8 nitrogen and oxygen atoms in total. The van der Waals surface area contributed by atoms with E-state index in [1.165, 1.54) is 12.1 Å². The number of anilines is 1. The van der Waals surface area contributed by atoms with Crippen LogP contribution in [0.15, 0.2) is 36.7 Å². The Hall–Kier alpha value is -3.36. The predicted octanol–water partition coefficient (Wildman–Crippen LogP) is 2.25. The first-order valence-electron chi connectivity index (χ1n) is 10.1. The van der Waals surface area contributed by atoms with Crippen LogP contribution in [0.1, 0.15) is 30.9 Å². The Morgan fingerprint density at radius 2 is 1.93 bits per heavy atom. The number of aromatic amines is 1. The maximum atomic E-state index is 13.2. The average molecular weight is 408 g/mol. The van der Waals surface area contributed by atoms with Crippen molar-refractivity contribution in [3.8, 4) is 0 Å². The van der Waals surface area contributed by atoms with Gasteiger partial charge in [-0.05, 0) is 37.1 Å². The van der Waals surface area contributed by atoms with Gasteiger partial charge in [0.15, 0.2) is 5.65 Å². The Morgan fingerprint density at radius 1 is 1.13 bits per heavy atom. The van der Waals surface area contributed by atoms with E-state index in [-0.39, 0.29) is 35.9 Å². The SMILES string of the molecule is O=C(C1CC(=O)N(c2ccc(F)cc2)C1)N1CCCC(c2[nH]nc3nccnc23)C1. The third kappa shape index (κ3) is 3.30. The molecule has 4 heterocycles. The normalized spacial score (nSPS) is 22.1. The number of H-pyrrole nitrogens is 1. The zero-order chi connectivity index (χ0) is 20.7. The lowest BCUT2D eigenvalue weighted by molar-refractivity contribution is -0.137. The molecular formula is C21H21FN6O2. The zero-order valence-electron chi connectivity index (χ0n) is 16.3. The van der Waals surface area contributed by atoms with Crippen molar-refractivity contribution in [3.63, 3.8) is 0 Å². The molecular weight excluding hydrogens is 387 g/mol. The van der Waals surface area contributed by atoms with E-state index in [1.807, 2.05) is 4.90 Å². The maximum absolute atomic E-state index is 13.2. The third-order valence-corrected chi connectivity index (χ3v) is 5.97. The minimum atomic E-state index is -0.389. The van der Waals surface area contributed by atoms with Crippen LogP contribution < -0.4 is 4.90 Å². The molecule has 2 atom stereocenters. The van der Waals surface area contributed by atoms with Crippen LogP contribution in [0.2, 0.25) is 0 Å². The number of hydrogen-bond donors (Lipinski definition) is 1. The van der Waals surface area contributed by atoms with Gasteiger partial charge in [0.25, 0.3) is 0 Å². The molecule has 0 spiro atoms. The Labute approximate surface area is 172 Å². The average Bonchev–Trinajstić information content (AvgIpc) is 3.38. The van der Waals surface area contributed by atoms with Gasteiger partial charge in [-0.25, -0.2) is 14.4 Å². The Bertz CT molecular complexity index is 1100. The lowest BCUT2D eigenvalue weighted by Gasteiger charge is -2.33. The van der Waals surface area contributed by atoms with Gasteiger partial charge in [-0.15, -0.1) is 0 Å². The summed E-state index contributed by atoms with van der Waals surface area (Å²) in [6, 6.07) is 5.79. The molecule has 154 valence electrons. The van der Waals surface area contributed by atoms with E-state index in [9.17, 15) is 14.0 Å². The molecule has 2 unspecified atom stereocenters. The van der Waals surface area contributed by atoms with Crippen molar-refractivity contribution in [3.05, 3.63) is 48.2 Å². The summed E-state index contributed by atoms with van der Waals surface area (Å²) in [7, 11) is 0. The Kier molecular flexibility index (Phi) is 4.65. The van der Waals surface area contributed by atoms with Crippen molar-refractivity contribution in [1.29, 1.82) is 0 Å². The number of likely N-dealkylation sites (tertiary alicyclic amines) is 1. The monoisotopic (exact) mass is 408 g/mol. The van der Waals surface area contributed by atoms with Crippen LogP contribution in [0, 0.1) is 11.7 Å². The summed E-state index contributed by atoms with van der Waals surface area (Å²) in [5, 5.41) is 7.27. The number of piperidine rings is 1. The van der Waals surface area contributed by atoms with Crippen molar-refractivity contribution in [2.24, 2.45) is 5.92 Å². The van der Waals surface area contributed by atoms with Gasteiger partial charge in [0.2, 0.25) is 11.8 Å². The highest BCUT2D eigenvalue weighted by Gasteiger charge is 2.39. The standard InChI is InChI=1S/C21H21FN6O2/c22-15-3-5-16(6-4-15)28-12-14(10-17(28)29)21(30)27-9-1-2-13(11-27)18-19-20(26-25-18)24-8-7-23-19/h3-8,13-14H,1-2,9-12H2,(H,24,25,26). The quantitative estimate of drug-likeness (QED) is 0.717. The summed E-state index contributed by atoms with van der Waals surface area (Å²) < 4.78 is 13.2. The van der Waals surface area contributed by atoms with Gasteiger partial charge in [0.05, 0.1) is 11.6 Å². The highest BCUT2D eigenvalue weighted by molar-refractivity contribution is 6.00. The number of carbonyl (C=O) groups is 2. The fourth-order valence-corrected chi connectivity index (χ4v) is 4.47. The van der Waals surface area contributed by atoms with Gasteiger partial charge >= 0.3 is 0 Å². The molecule has 3 aromatic rings. The summed E-state index contributed by atoms with van der Waals surface area (Å²) in [5.41, 5.74) is 2.85. The number of nitrogens with one attached hydrogen (secondary N) is 1. The van der Waals surface area contributed by atoms with E-state index >= 15 is 0 Å². The van der Waals surface area contributed by atoms with Crippen LogP contribution in [0.5, 0.6) is 0 Å². The Morgan fingerprint density at radius 3 is 2.77 bits per heavy atom. The number of rotatable bonds is 3. The fourth-order valence-electron chi connectivity index (χ4n) is 4.47. The van der Waals surface area contributed by atoms with E-state index in [1.54, 1.807) is 29.4 Å². The fraction of sp³-hybridized carbons (Fsp3) is 0.381. The number of carbonyl (C=O) groups excluding carboxylic acids is 2. The molecule has 9 heteroatoms. The van der Waals surface area contributed by atoms with Crippen molar-refractivity contribution < 1.29 is 14.0 Å². The van der Waals surface area contributed by atoms with Crippen LogP contribution in [0.4, 0.5) is 10.1 Å². The molecule has 2 amide bonds. The molecule has 0 saturated carbocycles. The van der Waals surface area contributed by atoms with Crippen molar-refractivity contribution in [2.75, 3.05) is 24.5 Å². The molecule has 0 radical (unpaired) electrons. The minimum Gasteiger partial charge on any atom is -0.342 e. The summed E-state index contributed by atoms with van der Waals surface area (Å²) in [4.78, 5) is 37.7. The summed E-state index contributed by atoms with van der Waals surface area (Å²) in [5.74, 6) is -0.751. The number of nitrogens with zero attached hydrogens (tertiary/aromatic N) is 5. The number of fused-ring (bicyclic) bond motifs is 1. The van der Waals surface area contributed by atoms with Crippen molar-refractivity contribution in [1.82, 2.24) is 25.1 Å². The van der Waals surface area contributed by atoms with E-state index < -0.39 is 0 Å². The van der Waals surface area contributed by atoms with Crippen LogP contribution >= 0.6 is 0 Å². The second-order valence-electron chi connectivity index (χ2n) is 7.87. The zero-order valence-corrected chi connectivity index (χ0v) is 16.3. The van der Waals surface area contributed by atoms with E-state index in [0.717, 1.165) is 24.1 Å². The maximum Gasteiger partial charge on any atom is 0.228 e. The second-order valence-corrected chi connectivity index (χ2v) is 7.87. The Balaban J connectivity index is 1.30. The van der Waals surface area contributed by atoms with Crippen molar-refractivity contribution >= 4 is 28.7 Å². The largest absolute Gasteiger partial charge is 0.342 e. The third-order valence-electron chi connectivity index (χ3n) is 5.97. The van der Waals surface area contributed by atoms with E-state index in [2.05, 4.69) is 20.2 Å². The predicted molar refractivity (Wildman–Crippen MR) is 107 cm³/mol. The first-order chi connectivity index (χ1) is 14.6. The van der Waals surface area contributed by atoms with Gasteiger partial charge in [-0.2, -0.15) is 5.10 Å². The van der Waals surface area contributed by atoms with Gasteiger partial charge in [0.1, 0.15) is 11.3 Å². The highest BCUT2D eigenvalue weighted by atomic mass is 19.1. The molecule has 5 rings (SSSR count). The number of aromatic nitrogens is 4. The number of amides is 2. The number of benzene rings is 1. The first-order valence-corrected chi connectivity index (χ1v) is 10.1. The summed E-state index contributed by atoms with van der Waals surface area (Å²) in [6.45, 7) is 1.56. The molecule has 2 aliphatic heterocycles. The molecule has 1 aromatic carbocycles.